The number of aromatic carboxylic acids is 1. The number of benzene rings is 1. The lowest BCUT2D eigenvalue weighted by atomic mass is 9.93. The molecule has 0 unspecified atom stereocenters. The molecular weight excluding hydrogens is 455 g/mol. The lowest BCUT2D eigenvalue weighted by Gasteiger charge is -2.16. The van der Waals surface area contributed by atoms with E-state index in [2.05, 4.69) is 15.6 Å². The third kappa shape index (κ3) is 5.37. The largest absolute Gasteiger partial charge is 0.476 e. The molecule has 1 aliphatic carbocycles. The first-order chi connectivity index (χ1) is 14.6. The molecule has 3 rings (SSSR count). The maximum atomic E-state index is 13.2. The highest BCUT2D eigenvalue weighted by Crippen LogP contribution is 2.36. The van der Waals surface area contributed by atoms with Gasteiger partial charge in [0.1, 0.15) is 0 Å². The normalized spacial score (nSPS) is 14.5. The molecule has 0 spiro atoms. The summed E-state index contributed by atoms with van der Waals surface area (Å²) in [6.07, 6.45) is -0.135. The van der Waals surface area contributed by atoms with Crippen LogP contribution >= 0.6 is 23.1 Å². The second-order valence-corrected chi connectivity index (χ2v) is 8.92. The molecule has 1 fully saturated rings. The summed E-state index contributed by atoms with van der Waals surface area (Å²) in [5, 5.41) is 13.9. The molecule has 2 aromatic rings. The van der Waals surface area contributed by atoms with Crippen molar-refractivity contribution < 1.29 is 32.7 Å². The second-order valence-electron chi connectivity index (χ2n) is 6.85. The van der Waals surface area contributed by atoms with Crippen LogP contribution in [0.15, 0.2) is 22.4 Å². The molecule has 1 aromatic heterocycles. The summed E-state index contributed by atoms with van der Waals surface area (Å²) in [6.45, 7) is 0. The van der Waals surface area contributed by atoms with Gasteiger partial charge in [-0.3, -0.25) is 10.1 Å². The number of hydrogen-bond donors (Lipinski definition) is 3. The number of rotatable bonds is 6. The quantitative estimate of drug-likeness (QED) is 0.372. The predicted octanol–water partition coefficient (Wildman–Crippen LogP) is 5.60. The van der Waals surface area contributed by atoms with Crippen LogP contribution in [-0.2, 0) is 6.18 Å². The average Bonchev–Trinajstić information content (AvgIpc) is 3.36. The van der Waals surface area contributed by atoms with E-state index < -0.39 is 29.5 Å². The molecule has 12 heteroatoms. The third-order valence-electron chi connectivity index (χ3n) is 4.79. The number of nitrogens with one attached hydrogen (secondary N) is 2. The number of carbonyl (C=O) groups excluding carboxylic acids is 2. The van der Waals surface area contributed by atoms with Crippen molar-refractivity contribution in [3.8, 4) is 0 Å². The van der Waals surface area contributed by atoms with Gasteiger partial charge in [-0.25, -0.2) is 14.6 Å². The number of anilines is 2. The van der Waals surface area contributed by atoms with Gasteiger partial charge >= 0.3 is 18.2 Å². The minimum absolute atomic E-state index is 0.00910. The van der Waals surface area contributed by atoms with E-state index in [1.54, 1.807) is 6.26 Å². The highest BCUT2D eigenvalue weighted by molar-refractivity contribution is 8.00. The molecule has 1 aromatic carbocycles. The number of amides is 2. The van der Waals surface area contributed by atoms with Crippen LogP contribution in [-0.4, -0.2) is 34.1 Å². The smallest absolute Gasteiger partial charge is 0.416 e. The van der Waals surface area contributed by atoms with Crippen molar-refractivity contribution in [1.82, 2.24) is 4.98 Å². The molecule has 3 N–H and O–H groups in total. The van der Waals surface area contributed by atoms with Crippen LogP contribution in [0.5, 0.6) is 0 Å². The Morgan fingerprint density at radius 1 is 1.19 bits per heavy atom. The number of carbonyl (C=O) groups is 3. The number of Topliss-reactive ketones (excluding diaryl/α,β-unsaturated/α-hetero) is 1. The van der Waals surface area contributed by atoms with Gasteiger partial charge in [0.25, 0.3) is 0 Å². The van der Waals surface area contributed by atoms with E-state index in [4.69, 9.17) is 5.11 Å². The number of carboxylic acid groups (broad SMARTS) is 1. The Bertz CT molecular complexity index is 1020. The summed E-state index contributed by atoms with van der Waals surface area (Å²) < 4.78 is 39.9. The summed E-state index contributed by atoms with van der Waals surface area (Å²) in [5.41, 5.74) is -1.44. The lowest BCUT2D eigenvalue weighted by molar-refractivity contribution is -0.137. The van der Waals surface area contributed by atoms with E-state index >= 15 is 0 Å². The van der Waals surface area contributed by atoms with Crippen LogP contribution < -0.4 is 10.6 Å². The molecule has 0 atom stereocenters. The topological polar surface area (TPSA) is 108 Å². The Balaban J connectivity index is 1.85. The number of hydrogen-bond acceptors (Lipinski definition) is 6. The van der Waals surface area contributed by atoms with E-state index in [0.29, 0.717) is 17.1 Å². The Morgan fingerprint density at radius 3 is 2.42 bits per heavy atom. The Hall–Kier alpha value is -2.60. The fraction of sp³-hybridized carbons (Fsp3) is 0.368. The summed E-state index contributed by atoms with van der Waals surface area (Å²) in [5.74, 6) is -2.07. The average molecular weight is 473 g/mol. The number of aromatic nitrogens is 1. The van der Waals surface area contributed by atoms with Gasteiger partial charge in [-0.15, -0.1) is 11.8 Å². The molecule has 0 aliphatic heterocycles. The number of alkyl halides is 3. The van der Waals surface area contributed by atoms with Crippen molar-refractivity contribution in [2.45, 2.75) is 36.1 Å². The zero-order valence-electron chi connectivity index (χ0n) is 16.2. The highest BCUT2D eigenvalue weighted by Gasteiger charge is 2.33. The SMILES string of the molecule is CSc1sc(NC(=O)Nc2ccc(C(F)(F)F)cc2C(=O)C2CCCC2)nc1C(=O)O. The van der Waals surface area contributed by atoms with Crippen LogP contribution in [0.4, 0.5) is 28.8 Å². The van der Waals surface area contributed by atoms with Gasteiger partial charge < -0.3 is 10.4 Å². The van der Waals surface area contributed by atoms with Crippen molar-refractivity contribution in [3.05, 3.63) is 35.0 Å². The molecule has 0 bridgehead atoms. The van der Waals surface area contributed by atoms with Gasteiger partial charge in [-0.1, -0.05) is 24.2 Å². The monoisotopic (exact) mass is 473 g/mol. The maximum Gasteiger partial charge on any atom is 0.416 e. The first kappa shape index (κ1) is 23.1. The van der Waals surface area contributed by atoms with E-state index in [1.807, 2.05) is 0 Å². The number of ketones is 1. The first-order valence-electron chi connectivity index (χ1n) is 9.21. The molecule has 1 heterocycles. The fourth-order valence-electron chi connectivity index (χ4n) is 3.33. The minimum Gasteiger partial charge on any atom is -0.476 e. The maximum absolute atomic E-state index is 13.2. The molecule has 31 heavy (non-hydrogen) atoms. The molecule has 0 saturated heterocycles. The van der Waals surface area contributed by atoms with E-state index in [-0.39, 0.29) is 28.0 Å². The second kappa shape index (κ2) is 9.27. The van der Waals surface area contributed by atoms with E-state index in [0.717, 1.165) is 54.1 Å². The van der Waals surface area contributed by atoms with Crippen molar-refractivity contribution >= 4 is 51.7 Å². The van der Waals surface area contributed by atoms with Crippen LogP contribution in [0.1, 0.15) is 52.1 Å². The molecule has 2 amide bonds. The zero-order chi connectivity index (χ0) is 22.8. The molecule has 166 valence electrons. The molecule has 1 aliphatic rings. The van der Waals surface area contributed by atoms with Gasteiger partial charge in [0.2, 0.25) is 0 Å². The number of urea groups is 1. The van der Waals surface area contributed by atoms with Crippen LogP contribution in [0.2, 0.25) is 0 Å². The lowest BCUT2D eigenvalue weighted by Crippen LogP contribution is -2.23. The van der Waals surface area contributed by atoms with Crippen molar-refractivity contribution in [2.75, 3.05) is 16.9 Å². The Kier molecular flexibility index (Phi) is 6.90. The van der Waals surface area contributed by atoms with E-state index in [9.17, 15) is 27.6 Å². The van der Waals surface area contributed by atoms with Gasteiger partial charge in [-0.2, -0.15) is 13.2 Å². The summed E-state index contributed by atoms with van der Waals surface area (Å²) in [4.78, 5) is 40.3. The minimum atomic E-state index is -4.63. The van der Waals surface area contributed by atoms with Crippen molar-refractivity contribution in [3.63, 3.8) is 0 Å². The van der Waals surface area contributed by atoms with Crippen LogP contribution in [0.25, 0.3) is 0 Å². The molecule has 7 nitrogen and oxygen atoms in total. The van der Waals surface area contributed by atoms with Gasteiger partial charge in [0.05, 0.1) is 15.5 Å². The highest BCUT2D eigenvalue weighted by atomic mass is 32.2. The molecular formula is C19H18F3N3O4S2. The van der Waals surface area contributed by atoms with Crippen molar-refractivity contribution in [1.29, 1.82) is 0 Å². The number of nitrogens with zero attached hydrogens (tertiary/aromatic N) is 1. The number of halogens is 3. The van der Waals surface area contributed by atoms with Gasteiger partial charge in [0.15, 0.2) is 16.6 Å². The van der Waals surface area contributed by atoms with Gasteiger partial charge in [-0.05, 0) is 37.3 Å². The third-order valence-corrected chi connectivity index (χ3v) is 6.87. The first-order valence-corrected chi connectivity index (χ1v) is 11.3. The van der Waals surface area contributed by atoms with Crippen molar-refractivity contribution in [2.24, 2.45) is 5.92 Å². The van der Waals surface area contributed by atoms with Crippen LogP contribution in [0, 0.1) is 5.92 Å². The number of carboxylic acids is 1. The fourth-order valence-corrected chi connectivity index (χ4v) is 4.91. The van der Waals surface area contributed by atoms with E-state index in [1.165, 1.54) is 0 Å². The molecule has 1 saturated carbocycles. The molecule has 0 radical (unpaired) electrons. The van der Waals surface area contributed by atoms with Gasteiger partial charge in [0, 0.05) is 11.5 Å². The number of thiazole rings is 1. The Labute approximate surface area is 183 Å². The Morgan fingerprint density at radius 2 is 1.87 bits per heavy atom. The predicted molar refractivity (Wildman–Crippen MR) is 111 cm³/mol. The summed E-state index contributed by atoms with van der Waals surface area (Å²) in [6, 6.07) is 1.74. The van der Waals surface area contributed by atoms with Crippen LogP contribution in [0.3, 0.4) is 0 Å². The number of thioether (sulfide) groups is 1. The summed E-state index contributed by atoms with van der Waals surface area (Å²) in [7, 11) is 0. The summed E-state index contributed by atoms with van der Waals surface area (Å²) >= 11 is 2.10. The standard InChI is InChI=1S/C19H18F3N3O4S2/c1-30-16-13(15(27)28)24-18(31-16)25-17(29)23-12-7-6-10(19(20,21)22)8-11(12)14(26)9-4-2-3-5-9/h6-9H,2-5H2,1H3,(H,27,28)(H2,23,24,25,29). The zero-order valence-corrected chi connectivity index (χ0v) is 17.8.